The molecule has 7 nitrogen and oxygen atoms in total. The van der Waals surface area contributed by atoms with Crippen molar-refractivity contribution in [2.24, 2.45) is 0 Å². The molecule has 1 amide bonds. The number of rotatable bonds is 7. The highest BCUT2D eigenvalue weighted by Crippen LogP contribution is 2.14. The lowest BCUT2D eigenvalue weighted by Gasteiger charge is -2.07. The minimum absolute atomic E-state index is 0.158. The zero-order valence-electron chi connectivity index (χ0n) is 14.7. The standard InChI is InChI=1S/C19H20N4O3/c1-13-11-18(23-26-13)22-17-8-5-15(12-21-17)19(24)20-10-9-14-3-6-16(25-2)7-4-14/h3-8,11-12H,9-10H2,1-2H3,(H,20,24)(H,21,22,23). The first kappa shape index (κ1) is 17.5. The van der Waals surface area contributed by atoms with Gasteiger partial charge in [-0.2, -0.15) is 0 Å². The van der Waals surface area contributed by atoms with E-state index in [0.29, 0.717) is 29.5 Å². The Hall–Kier alpha value is -3.35. The van der Waals surface area contributed by atoms with Gasteiger partial charge in [-0.1, -0.05) is 17.3 Å². The van der Waals surface area contributed by atoms with Crippen molar-refractivity contribution in [1.82, 2.24) is 15.5 Å². The van der Waals surface area contributed by atoms with Crippen molar-refractivity contribution >= 4 is 17.5 Å². The largest absolute Gasteiger partial charge is 0.497 e. The average molecular weight is 352 g/mol. The molecule has 0 saturated heterocycles. The van der Waals surface area contributed by atoms with E-state index in [1.807, 2.05) is 31.2 Å². The number of hydrogen-bond donors (Lipinski definition) is 2. The monoisotopic (exact) mass is 352 g/mol. The minimum Gasteiger partial charge on any atom is -0.497 e. The van der Waals surface area contributed by atoms with Crippen LogP contribution < -0.4 is 15.4 Å². The van der Waals surface area contributed by atoms with Crippen LogP contribution in [0.5, 0.6) is 5.75 Å². The van der Waals surface area contributed by atoms with Crippen LogP contribution in [0, 0.1) is 6.92 Å². The van der Waals surface area contributed by atoms with E-state index in [-0.39, 0.29) is 5.91 Å². The summed E-state index contributed by atoms with van der Waals surface area (Å²) in [6.07, 6.45) is 2.27. The van der Waals surface area contributed by atoms with Crippen LogP contribution >= 0.6 is 0 Å². The number of pyridine rings is 1. The Bertz CT molecular complexity index is 857. The summed E-state index contributed by atoms with van der Waals surface area (Å²) in [5.41, 5.74) is 1.63. The second-order valence-electron chi connectivity index (χ2n) is 5.73. The van der Waals surface area contributed by atoms with E-state index in [1.54, 1.807) is 25.3 Å². The van der Waals surface area contributed by atoms with E-state index >= 15 is 0 Å². The number of nitrogens with zero attached hydrogens (tertiary/aromatic N) is 2. The van der Waals surface area contributed by atoms with Crippen LogP contribution in [0.2, 0.25) is 0 Å². The molecule has 0 fully saturated rings. The third-order valence-electron chi connectivity index (χ3n) is 3.77. The Morgan fingerprint density at radius 2 is 1.96 bits per heavy atom. The summed E-state index contributed by atoms with van der Waals surface area (Å²) < 4.78 is 10.1. The van der Waals surface area contributed by atoms with Gasteiger partial charge in [0.15, 0.2) is 5.82 Å². The van der Waals surface area contributed by atoms with Gasteiger partial charge < -0.3 is 19.9 Å². The van der Waals surface area contributed by atoms with Gasteiger partial charge >= 0.3 is 0 Å². The molecule has 0 unspecified atom stereocenters. The van der Waals surface area contributed by atoms with Crippen molar-refractivity contribution in [2.45, 2.75) is 13.3 Å². The lowest BCUT2D eigenvalue weighted by Crippen LogP contribution is -2.25. The average Bonchev–Trinajstić information content (AvgIpc) is 3.07. The number of carbonyl (C=O) groups excluding carboxylic acids is 1. The first-order valence-electron chi connectivity index (χ1n) is 8.21. The van der Waals surface area contributed by atoms with Crippen LogP contribution in [0.3, 0.4) is 0 Å². The molecule has 26 heavy (non-hydrogen) atoms. The van der Waals surface area contributed by atoms with Crippen LogP contribution in [0.15, 0.2) is 53.2 Å². The van der Waals surface area contributed by atoms with Crippen LogP contribution in [0.25, 0.3) is 0 Å². The van der Waals surface area contributed by atoms with E-state index in [2.05, 4.69) is 20.8 Å². The molecule has 0 spiro atoms. The Balaban J connectivity index is 1.49. The molecule has 2 N–H and O–H groups in total. The summed E-state index contributed by atoms with van der Waals surface area (Å²) in [5, 5.41) is 9.73. The van der Waals surface area contributed by atoms with Gasteiger partial charge in [0.25, 0.3) is 5.91 Å². The predicted octanol–water partition coefficient (Wildman–Crippen LogP) is 3.10. The molecule has 0 bridgehead atoms. The number of ether oxygens (including phenoxy) is 1. The van der Waals surface area contributed by atoms with E-state index < -0.39 is 0 Å². The molecule has 7 heteroatoms. The van der Waals surface area contributed by atoms with Gasteiger partial charge in [0.1, 0.15) is 17.3 Å². The third-order valence-corrected chi connectivity index (χ3v) is 3.77. The SMILES string of the molecule is COc1ccc(CCNC(=O)c2ccc(Nc3cc(C)on3)nc2)cc1. The number of benzene rings is 1. The van der Waals surface area contributed by atoms with Gasteiger partial charge in [-0.25, -0.2) is 4.98 Å². The Labute approximate surface area is 151 Å². The molecule has 0 saturated carbocycles. The quantitative estimate of drug-likeness (QED) is 0.679. The molecule has 1 aromatic carbocycles. The second-order valence-corrected chi connectivity index (χ2v) is 5.73. The van der Waals surface area contributed by atoms with Crippen LogP contribution in [-0.4, -0.2) is 29.7 Å². The lowest BCUT2D eigenvalue weighted by molar-refractivity contribution is 0.0954. The number of carbonyl (C=O) groups is 1. The summed E-state index contributed by atoms with van der Waals surface area (Å²) in [7, 11) is 1.64. The lowest BCUT2D eigenvalue weighted by atomic mass is 10.1. The second kappa shape index (κ2) is 8.15. The van der Waals surface area contributed by atoms with Crippen molar-refractivity contribution in [3.05, 3.63) is 65.5 Å². The van der Waals surface area contributed by atoms with Gasteiger partial charge in [-0.05, 0) is 43.2 Å². The zero-order chi connectivity index (χ0) is 18.4. The smallest absolute Gasteiger partial charge is 0.252 e. The highest BCUT2D eigenvalue weighted by atomic mass is 16.5. The van der Waals surface area contributed by atoms with E-state index in [0.717, 1.165) is 17.7 Å². The van der Waals surface area contributed by atoms with Crippen molar-refractivity contribution in [3.63, 3.8) is 0 Å². The maximum Gasteiger partial charge on any atom is 0.252 e. The van der Waals surface area contributed by atoms with E-state index in [1.165, 1.54) is 6.20 Å². The molecule has 0 aliphatic carbocycles. The van der Waals surface area contributed by atoms with Crippen LogP contribution in [-0.2, 0) is 6.42 Å². The maximum atomic E-state index is 12.2. The molecule has 3 aromatic rings. The molecular weight excluding hydrogens is 332 g/mol. The highest BCUT2D eigenvalue weighted by molar-refractivity contribution is 5.94. The van der Waals surface area contributed by atoms with Crippen LogP contribution in [0.1, 0.15) is 21.7 Å². The fourth-order valence-electron chi connectivity index (χ4n) is 2.37. The summed E-state index contributed by atoms with van der Waals surface area (Å²) in [6, 6.07) is 13.0. The summed E-state index contributed by atoms with van der Waals surface area (Å²) >= 11 is 0. The van der Waals surface area contributed by atoms with Crippen molar-refractivity contribution in [1.29, 1.82) is 0 Å². The summed E-state index contributed by atoms with van der Waals surface area (Å²) in [5.74, 6) is 2.54. The zero-order valence-corrected chi connectivity index (χ0v) is 14.7. The van der Waals surface area contributed by atoms with Crippen molar-refractivity contribution < 1.29 is 14.1 Å². The third kappa shape index (κ3) is 4.60. The number of methoxy groups -OCH3 is 1. The van der Waals surface area contributed by atoms with Gasteiger partial charge in [0, 0.05) is 18.8 Å². The summed E-state index contributed by atoms with van der Waals surface area (Å²) in [4.78, 5) is 16.4. The number of hydrogen-bond acceptors (Lipinski definition) is 6. The number of amides is 1. The highest BCUT2D eigenvalue weighted by Gasteiger charge is 2.07. The van der Waals surface area contributed by atoms with Crippen LogP contribution in [0.4, 0.5) is 11.6 Å². The maximum absolute atomic E-state index is 12.2. The normalized spacial score (nSPS) is 10.4. The van der Waals surface area contributed by atoms with E-state index in [9.17, 15) is 4.79 Å². The Kier molecular flexibility index (Phi) is 5.48. The first-order chi connectivity index (χ1) is 12.6. The molecule has 3 rings (SSSR count). The number of aromatic nitrogens is 2. The molecule has 0 atom stereocenters. The first-order valence-corrected chi connectivity index (χ1v) is 8.21. The van der Waals surface area contributed by atoms with Crippen molar-refractivity contribution in [2.75, 3.05) is 19.0 Å². The van der Waals surface area contributed by atoms with Gasteiger partial charge in [0.2, 0.25) is 0 Å². The Morgan fingerprint density at radius 3 is 2.58 bits per heavy atom. The number of nitrogens with one attached hydrogen (secondary N) is 2. The molecule has 0 aliphatic rings. The fourth-order valence-corrected chi connectivity index (χ4v) is 2.37. The molecule has 0 radical (unpaired) electrons. The molecule has 0 aliphatic heterocycles. The number of aryl methyl sites for hydroxylation is 1. The molecule has 134 valence electrons. The topological polar surface area (TPSA) is 89.3 Å². The predicted molar refractivity (Wildman–Crippen MR) is 97.8 cm³/mol. The molecular formula is C19H20N4O3. The van der Waals surface area contributed by atoms with Gasteiger partial charge in [-0.3, -0.25) is 4.79 Å². The van der Waals surface area contributed by atoms with E-state index in [4.69, 9.17) is 9.26 Å². The number of anilines is 2. The van der Waals surface area contributed by atoms with Gasteiger partial charge in [-0.15, -0.1) is 0 Å². The minimum atomic E-state index is -0.158. The van der Waals surface area contributed by atoms with Gasteiger partial charge in [0.05, 0.1) is 12.7 Å². The fraction of sp³-hybridized carbons (Fsp3) is 0.211. The molecule has 2 heterocycles. The van der Waals surface area contributed by atoms with Crippen molar-refractivity contribution in [3.8, 4) is 5.75 Å². The summed E-state index contributed by atoms with van der Waals surface area (Å²) in [6.45, 7) is 2.36. The Morgan fingerprint density at radius 1 is 1.15 bits per heavy atom. The molecule has 2 aromatic heterocycles.